The van der Waals surface area contributed by atoms with Crippen molar-refractivity contribution in [3.8, 4) is 0 Å². The van der Waals surface area contributed by atoms with Crippen molar-refractivity contribution in [3.63, 3.8) is 0 Å². The van der Waals surface area contributed by atoms with Gasteiger partial charge in [-0.3, -0.25) is 4.79 Å². The van der Waals surface area contributed by atoms with Gasteiger partial charge in [-0.1, -0.05) is 0 Å². The Balaban J connectivity index is 2.41. The van der Waals surface area contributed by atoms with E-state index >= 15 is 0 Å². The Morgan fingerprint density at radius 1 is 1.80 bits per heavy atom. The van der Waals surface area contributed by atoms with E-state index in [0.29, 0.717) is 6.54 Å². The first-order chi connectivity index (χ1) is 4.75. The van der Waals surface area contributed by atoms with E-state index in [-0.39, 0.29) is 11.8 Å². The number of nitrogens with zero attached hydrogens (tertiary/aromatic N) is 1. The Hall–Kier alpha value is -0.570. The Bertz CT molecular complexity index is 134. The zero-order valence-corrected chi connectivity index (χ0v) is 6.34. The van der Waals surface area contributed by atoms with Crippen LogP contribution in [0, 0.1) is 5.92 Å². The van der Waals surface area contributed by atoms with E-state index in [1.165, 1.54) is 0 Å². The molecule has 1 amide bonds. The highest BCUT2D eigenvalue weighted by Crippen LogP contribution is 2.18. The number of amides is 1. The molecule has 1 aliphatic heterocycles. The Kier molecular flexibility index (Phi) is 2.27. The van der Waals surface area contributed by atoms with Crippen LogP contribution in [0.2, 0.25) is 0 Å². The number of hydrogen-bond acceptors (Lipinski definition) is 2. The van der Waals surface area contributed by atoms with Gasteiger partial charge in [-0.05, 0) is 19.4 Å². The maximum Gasteiger partial charge on any atom is 0.225 e. The molecule has 2 N–H and O–H groups in total. The summed E-state index contributed by atoms with van der Waals surface area (Å²) < 4.78 is 0. The van der Waals surface area contributed by atoms with Gasteiger partial charge in [0.2, 0.25) is 5.91 Å². The fourth-order valence-corrected chi connectivity index (χ4v) is 1.36. The molecule has 1 unspecified atom stereocenters. The molecule has 0 bridgehead atoms. The summed E-state index contributed by atoms with van der Waals surface area (Å²) >= 11 is 0. The standard InChI is InChI=1S/C7H14N2O/c1-9-5-3-6(2-4-8)7(9)10/h6H,2-5,8H2,1H3. The molecule has 3 nitrogen and oxygen atoms in total. The summed E-state index contributed by atoms with van der Waals surface area (Å²) in [5.74, 6) is 0.487. The summed E-state index contributed by atoms with van der Waals surface area (Å²) in [6.07, 6.45) is 1.84. The molecule has 0 aliphatic carbocycles. The second kappa shape index (κ2) is 3.01. The van der Waals surface area contributed by atoms with E-state index in [4.69, 9.17) is 5.73 Å². The van der Waals surface area contributed by atoms with Crippen LogP contribution in [-0.2, 0) is 4.79 Å². The lowest BCUT2D eigenvalue weighted by atomic mass is 10.0. The predicted octanol–water partition coefficient (Wildman–Crippen LogP) is -0.186. The molecule has 0 aromatic rings. The molecule has 0 aromatic heterocycles. The Morgan fingerprint density at radius 3 is 2.90 bits per heavy atom. The first-order valence-corrected chi connectivity index (χ1v) is 3.70. The van der Waals surface area contributed by atoms with E-state index in [2.05, 4.69) is 0 Å². The highest BCUT2D eigenvalue weighted by Gasteiger charge is 2.27. The van der Waals surface area contributed by atoms with Gasteiger partial charge in [0.1, 0.15) is 0 Å². The number of carbonyl (C=O) groups excluding carboxylic acids is 1. The maximum absolute atomic E-state index is 11.2. The minimum Gasteiger partial charge on any atom is -0.345 e. The summed E-state index contributed by atoms with van der Waals surface area (Å²) in [4.78, 5) is 12.9. The molecule has 1 atom stereocenters. The summed E-state index contributed by atoms with van der Waals surface area (Å²) in [7, 11) is 1.85. The summed E-state index contributed by atoms with van der Waals surface area (Å²) in [5.41, 5.74) is 5.35. The Labute approximate surface area is 61.2 Å². The van der Waals surface area contributed by atoms with Crippen LogP contribution in [0.25, 0.3) is 0 Å². The topological polar surface area (TPSA) is 46.3 Å². The number of likely N-dealkylation sites (tertiary alicyclic amines) is 1. The normalized spacial score (nSPS) is 26.0. The van der Waals surface area contributed by atoms with E-state index in [0.717, 1.165) is 19.4 Å². The molecule has 0 spiro atoms. The van der Waals surface area contributed by atoms with Crippen molar-refractivity contribution in [2.24, 2.45) is 11.7 Å². The molecular weight excluding hydrogens is 128 g/mol. The number of rotatable bonds is 2. The maximum atomic E-state index is 11.2. The quantitative estimate of drug-likeness (QED) is 0.581. The van der Waals surface area contributed by atoms with Gasteiger partial charge in [0.15, 0.2) is 0 Å². The van der Waals surface area contributed by atoms with Crippen LogP contribution in [0.3, 0.4) is 0 Å². The second-order valence-corrected chi connectivity index (χ2v) is 2.82. The van der Waals surface area contributed by atoms with E-state index in [1.54, 1.807) is 4.90 Å². The van der Waals surface area contributed by atoms with Crippen molar-refractivity contribution in [2.45, 2.75) is 12.8 Å². The zero-order chi connectivity index (χ0) is 7.56. The van der Waals surface area contributed by atoms with E-state index in [1.807, 2.05) is 7.05 Å². The monoisotopic (exact) mass is 142 g/mol. The van der Waals surface area contributed by atoms with Crippen molar-refractivity contribution in [1.29, 1.82) is 0 Å². The minimum absolute atomic E-state index is 0.218. The lowest BCUT2D eigenvalue weighted by Crippen LogP contribution is -2.23. The third kappa shape index (κ3) is 1.29. The largest absolute Gasteiger partial charge is 0.345 e. The second-order valence-electron chi connectivity index (χ2n) is 2.82. The van der Waals surface area contributed by atoms with Gasteiger partial charge in [-0.15, -0.1) is 0 Å². The van der Waals surface area contributed by atoms with Crippen LogP contribution in [0.4, 0.5) is 0 Å². The molecule has 58 valence electrons. The average Bonchev–Trinajstić information content (AvgIpc) is 2.20. The van der Waals surface area contributed by atoms with Gasteiger partial charge in [0.05, 0.1) is 0 Å². The zero-order valence-electron chi connectivity index (χ0n) is 6.34. The SMILES string of the molecule is CN1CCC(CCN)C1=O. The van der Waals surface area contributed by atoms with Gasteiger partial charge in [0.25, 0.3) is 0 Å². The van der Waals surface area contributed by atoms with Crippen LogP contribution in [-0.4, -0.2) is 30.9 Å². The van der Waals surface area contributed by atoms with Crippen LogP contribution in [0.1, 0.15) is 12.8 Å². The first kappa shape index (κ1) is 7.54. The van der Waals surface area contributed by atoms with Crippen LogP contribution in [0.5, 0.6) is 0 Å². The minimum atomic E-state index is 0.218. The van der Waals surface area contributed by atoms with Gasteiger partial charge < -0.3 is 10.6 Å². The molecule has 1 fully saturated rings. The molecule has 10 heavy (non-hydrogen) atoms. The third-order valence-electron chi connectivity index (χ3n) is 2.05. The average molecular weight is 142 g/mol. The highest BCUT2D eigenvalue weighted by atomic mass is 16.2. The van der Waals surface area contributed by atoms with Gasteiger partial charge >= 0.3 is 0 Å². The lowest BCUT2D eigenvalue weighted by molar-refractivity contribution is -0.129. The lowest BCUT2D eigenvalue weighted by Gasteiger charge is -2.08. The van der Waals surface area contributed by atoms with Gasteiger partial charge in [0, 0.05) is 19.5 Å². The highest BCUT2D eigenvalue weighted by molar-refractivity contribution is 5.80. The van der Waals surface area contributed by atoms with Crippen molar-refractivity contribution in [2.75, 3.05) is 20.1 Å². The number of hydrogen-bond donors (Lipinski definition) is 1. The molecule has 1 rings (SSSR count). The Morgan fingerprint density at radius 2 is 2.50 bits per heavy atom. The molecule has 1 aliphatic rings. The van der Waals surface area contributed by atoms with E-state index in [9.17, 15) is 4.79 Å². The number of carbonyl (C=O) groups is 1. The summed E-state index contributed by atoms with van der Waals surface area (Å²) in [5, 5.41) is 0. The fourth-order valence-electron chi connectivity index (χ4n) is 1.36. The number of nitrogens with two attached hydrogens (primary N) is 1. The summed E-state index contributed by atoms with van der Waals surface area (Å²) in [6.45, 7) is 1.54. The van der Waals surface area contributed by atoms with Crippen LogP contribution >= 0.6 is 0 Å². The van der Waals surface area contributed by atoms with Gasteiger partial charge in [-0.2, -0.15) is 0 Å². The smallest absolute Gasteiger partial charge is 0.225 e. The summed E-state index contributed by atoms with van der Waals surface area (Å²) in [6, 6.07) is 0. The van der Waals surface area contributed by atoms with Crippen molar-refractivity contribution >= 4 is 5.91 Å². The molecule has 3 heteroatoms. The van der Waals surface area contributed by atoms with Gasteiger partial charge in [-0.25, -0.2) is 0 Å². The van der Waals surface area contributed by atoms with Crippen molar-refractivity contribution in [1.82, 2.24) is 4.90 Å². The fraction of sp³-hybridized carbons (Fsp3) is 0.857. The van der Waals surface area contributed by atoms with Crippen LogP contribution in [0.15, 0.2) is 0 Å². The first-order valence-electron chi connectivity index (χ1n) is 3.70. The molecule has 0 aromatic carbocycles. The van der Waals surface area contributed by atoms with E-state index < -0.39 is 0 Å². The molecular formula is C7H14N2O. The molecule has 1 heterocycles. The van der Waals surface area contributed by atoms with Crippen LogP contribution < -0.4 is 5.73 Å². The third-order valence-corrected chi connectivity index (χ3v) is 2.05. The predicted molar refractivity (Wildman–Crippen MR) is 39.4 cm³/mol. The molecule has 0 radical (unpaired) electrons. The molecule has 0 saturated carbocycles. The molecule has 1 saturated heterocycles. The van der Waals surface area contributed by atoms with Crippen molar-refractivity contribution < 1.29 is 4.79 Å². The van der Waals surface area contributed by atoms with Crippen molar-refractivity contribution in [3.05, 3.63) is 0 Å².